The fraction of sp³-hybridized carbons (Fsp3) is 0.680. The Morgan fingerprint density at radius 3 is 2.38 bits per heavy atom. The van der Waals surface area contributed by atoms with Crippen LogP contribution in [0.25, 0.3) is 0 Å². The van der Waals surface area contributed by atoms with Crippen LogP contribution in [0.1, 0.15) is 155 Å². The molecular formula is C50H69NO5. The zero-order valence-electron chi connectivity index (χ0n) is 35.7. The van der Waals surface area contributed by atoms with Crippen LogP contribution in [0.2, 0.25) is 0 Å². The first kappa shape index (κ1) is 39.8. The van der Waals surface area contributed by atoms with Crippen LogP contribution in [0.5, 0.6) is 5.75 Å². The third-order valence-electron chi connectivity index (χ3n) is 17.5. The van der Waals surface area contributed by atoms with E-state index < -0.39 is 11.5 Å². The summed E-state index contributed by atoms with van der Waals surface area (Å²) in [5, 5.41) is 22.3. The standard InChI is InChI=1S/C50H69NO5/c1-28(2)20-30-22-32(24-33(51)23-30)35-14-11-15-37(35)50(9)45(56-50)39(53)21-29(3)43-38-16-17-42-47(6)26-36(31-12-10-13-34(52)25-31)44(55)46(4,5)41(47)18-19-48(42,7)49(38,8)27-40(43)54/h10,12-13,22-25,28-29,35-37,39,41-42,45,52-53H,11,14-21,26-27,51H2,1-9H3. The molecular weight excluding hydrogens is 695 g/mol. The van der Waals surface area contributed by atoms with E-state index in [0.717, 1.165) is 74.6 Å². The van der Waals surface area contributed by atoms with E-state index in [1.54, 1.807) is 12.1 Å². The average molecular weight is 764 g/mol. The number of aliphatic hydroxyl groups excluding tert-OH is 1. The van der Waals surface area contributed by atoms with Crippen molar-refractivity contribution in [3.8, 4) is 5.75 Å². The number of carbonyl (C=O) groups excluding carboxylic acids is 2. The summed E-state index contributed by atoms with van der Waals surface area (Å²) in [5.74, 6) is 2.34. The minimum absolute atomic E-state index is 0.0527. The molecule has 5 aliphatic carbocycles. The molecule has 12 unspecified atom stereocenters. The fourth-order valence-electron chi connectivity index (χ4n) is 14.9. The van der Waals surface area contributed by atoms with Gasteiger partial charge in [-0.3, -0.25) is 9.59 Å². The number of hydrogen-bond donors (Lipinski definition) is 3. The Morgan fingerprint density at radius 2 is 1.66 bits per heavy atom. The van der Waals surface area contributed by atoms with Crippen LogP contribution in [0, 0.1) is 51.2 Å². The Balaban J connectivity index is 1.02. The van der Waals surface area contributed by atoms with Crippen molar-refractivity contribution < 1.29 is 24.5 Å². The predicted octanol–water partition coefficient (Wildman–Crippen LogP) is 10.5. The summed E-state index contributed by atoms with van der Waals surface area (Å²) < 4.78 is 6.54. The van der Waals surface area contributed by atoms with E-state index >= 15 is 0 Å². The first-order valence-electron chi connectivity index (χ1n) is 22.1. The summed E-state index contributed by atoms with van der Waals surface area (Å²) in [7, 11) is 0. The first-order chi connectivity index (χ1) is 26.2. The molecule has 12 atom stereocenters. The SMILES string of the molecule is CC(C)Cc1cc(N)cc(C2CCCC2C2(C)OC2C(O)CC(C)C2=C3CCC4C5(C)CC(c6cccc(O)c6)C(=O)C(C)(C)C5CCC4(C)C3(C)CC2=O)c1. The Bertz CT molecular complexity index is 1950. The zero-order chi connectivity index (χ0) is 40.3. The molecule has 0 radical (unpaired) electrons. The lowest BCUT2D eigenvalue weighted by molar-refractivity contribution is -0.183. The van der Waals surface area contributed by atoms with Crippen LogP contribution >= 0.6 is 0 Å². The minimum Gasteiger partial charge on any atom is -0.508 e. The number of rotatable bonds is 9. The lowest BCUT2D eigenvalue weighted by Gasteiger charge is -2.68. The maximum Gasteiger partial charge on any atom is 0.159 e. The van der Waals surface area contributed by atoms with Gasteiger partial charge in [0.05, 0.1) is 11.7 Å². The second kappa shape index (κ2) is 13.5. The number of hydrogen-bond acceptors (Lipinski definition) is 6. The Hall–Kier alpha value is -2.96. The van der Waals surface area contributed by atoms with Gasteiger partial charge in [0.2, 0.25) is 0 Å². The van der Waals surface area contributed by atoms with Gasteiger partial charge in [0.1, 0.15) is 17.6 Å². The molecule has 6 aliphatic rings. The molecule has 6 nitrogen and oxygen atoms in total. The number of allylic oxidation sites excluding steroid dienone is 2. The summed E-state index contributed by atoms with van der Waals surface area (Å²) in [6.45, 7) is 20.5. The normalized spacial score (nSPS) is 40.0. The van der Waals surface area contributed by atoms with Crippen LogP contribution in [0.15, 0.2) is 53.6 Å². The predicted molar refractivity (Wildman–Crippen MR) is 223 cm³/mol. The largest absolute Gasteiger partial charge is 0.508 e. The number of aliphatic hydroxyl groups is 1. The number of nitrogens with two attached hydrogens (primary N) is 1. The van der Waals surface area contributed by atoms with Crippen LogP contribution < -0.4 is 5.73 Å². The number of anilines is 1. The van der Waals surface area contributed by atoms with E-state index in [2.05, 4.69) is 80.5 Å². The molecule has 0 amide bonds. The average Bonchev–Trinajstić information content (AvgIpc) is 3.42. The molecule has 1 heterocycles. The number of phenolic OH excluding ortho intramolecular Hbond substituents is 1. The van der Waals surface area contributed by atoms with E-state index in [-0.39, 0.29) is 57.2 Å². The van der Waals surface area contributed by atoms with Gasteiger partial charge in [0, 0.05) is 28.9 Å². The van der Waals surface area contributed by atoms with Crippen molar-refractivity contribution in [3.05, 3.63) is 70.3 Å². The summed E-state index contributed by atoms with van der Waals surface area (Å²) in [6.07, 6.45) is 9.20. The van der Waals surface area contributed by atoms with Gasteiger partial charge in [0.15, 0.2) is 5.78 Å². The summed E-state index contributed by atoms with van der Waals surface area (Å²) in [4.78, 5) is 28.6. The summed E-state index contributed by atoms with van der Waals surface area (Å²) in [6, 6.07) is 14.0. The zero-order valence-corrected chi connectivity index (χ0v) is 35.7. The van der Waals surface area contributed by atoms with Gasteiger partial charge < -0.3 is 20.7 Å². The minimum atomic E-state index is -0.640. The van der Waals surface area contributed by atoms with Crippen LogP contribution in [-0.4, -0.2) is 39.6 Å². The van der Waals surface area contributed by atoms with Crippen LogP contribution in [0.3, 0.4) is 0 Å². The van der Waals surface area contributed by atoms with Gasteiger partial charge in [-0.1, -0.05) is 85.6 Å². The number of epoxide rings is 1. The molecule has 0 aromatic heterocycles. The van der Waals surface area contributed by atoms with E-state index in [1.807, 2.05) is 12.1 Å². The molecule has 0 spiro atoms. The highest BCUT2D eigenvalue weighted by atomic mass is 16.6. The fourth-order valence-corrected chi connectivity index (χ4v) is 14.9. The van der Waals surface area contributed by atoms with E-state index in [1.165, 1.54) is 16.7 Å². The first-order valence-corrected chi connectivity index (χ1v) is 22.1. The van der Waals surface area contributed by atoms with Crippen molar-refractivity contribution in [3.63, 3.8) is 0 Å². The lowest BCUT2D eigenvalue weighted by atomic mass is 9.35. The summed E-state index contributed by atoms with van der Waals surface area (Å²) in [5.41, 5.74) is 11.8. The van der Waals surface area contributed by atoms with Crippen molar-refractivity contribution in [2.45, 2.75) is 163 Å². The molecule has 304 valence electrons. The highest BCUT2D eigenvalue weighted by Crippen LogP contribution is 2.75. The number of phenols is 1. The number of fused-ring (bicyclic) bond motifs is 5. The maximum absolute atomic E-state index is 14.4. The highest BCUT2D eigenvalue weighted by molar-refractivity contribution is 6.00. The molecule has 4 saturated carbocycles. The lowest BCUT2D eigenvalue weighted by Crippen LogP contribution is -2.63. The van der Waals surface area contributed by atoms with Crippen molar-refractivity contribution in [2.75, 3.05) is 5.73 Å². The Morgan fingerprint density at radius 1 is 0.911 bits per heavy atom. The molecule has 56 heavy (non-hydrogen) atoms. The number of carbonyl (C=O) groups is 2. The third kappa shape index (κ3) is 5.99. The van der Waals surface area contributed by atoms with Crippen molar-refractivity contribution in [1.82, 2.24) is 0 Å². The molecule has 1 aliphatic heterocycles. The van der Waals surface area contributed by atoms with Gasteiger partial charge >= 0.3 is 0 Å². The molecule has 4 N–H and O–H groups in total. The summed E-state index contributed by atoms with van der Waals surface area (Å²) >= 11 is 0. The Labute approximate surface area is 336 Å². The Kier molecular flexibility index (Phi) is 9.64. The number of Topliss-reactive ketones (excluding diaryl/α,β-unsaturated/α-hetero) is 2. The van der Waals surface area contributed by atoms with Gasteiger partial charge in [0.25, 0.3) is 0 Å². The number of aromatic hydroxyl groups is 1. The number of ether oxygens (including phenoxy) is 1. The van der Waals surface area contributed by atoms with Gasteiger partial charge in [-0.25, -0.2) is 0 Å². The molecule has 5 fully saturated rings. The molecule has 0 bridgehead atoms. The van der Waals surface area contributed by atoms with E-state index in [0.29, 0.717) is 42.3 Å². The van der Waals surface area contributed by atoms with Crippen molar-refractivity contribution >= 4 is 17.3 Å². The van der Waals surface area contributed by atoms with E-state index in [4.69, 9.17) is 10.5 Å². The monoisotopic (exact) mass is 764 g/mol. The van der Waals surface area contributed by atoms with Crippen LogP contribution in [-0.2, 0) is 20.7 Å². The quantitative estimate of drug-likeness (QED) is 0.173. The number of benzene rings is 2. The molecule has 6 heteroatoms. The highest BCUT2D eigenvalue weighted by Gasteiger charge is 2.69. The second-order valence-corrected chi connectivity index (χ2v) is 21.5. The van der Waals surface area contributed by atoms with Gasteiger partial charge in [-0.15, -0.1) is 0 Å². The second-order valence-electron chi connectivity index (χ2n) is 21.5. The smallest absolute Gasteiger partial charge is 0.159 e. The van der Waals surface area contributed by atoms with Gasteiger partial charge in [-0.05, 0) is 158 Å². The van der Waals surface area contributed by atoms with E-state index in [9.17, 15) is 19.8 Å². The van der Waals surface area contributed by atoms with Crippen molar-refractivity contribution in [2.24, 2.45) is 51.2 Å². The van der Waals surface area contributed by atoms with Crippen molar-refractivity contribution in [1.29, 1.82) is 0 Å². The number of nitrogen functional groups attached to an aromatic ring is 1. The number of ketones is 2. The van der Waals surface area contributed by atoms with Crippen LogP contribution in [0.4, 0.5) is 5.69 Å². The molecule has 2 aromatic carbocycles. The molecule has 8 rings (SSSR count). The topological polar surface area (TPSA) is 113 Å². The van der Waals surface area contributed by atoms with Gasteiger partial charge in [-0.2, -0.15) is 0 Å². The molecule has 1 saturated heterocycles. The third-order valence-corrected chi connectivity index (χ3v) is 17.5. The molecule has 2 aromatic rings. The maximum atomic E-state index is 14.4.